The topological polar surface area (TPSA) is 0 Å². The van der Waals surface area contributed by atoms with Crippen LogP contribution in [0.4, 0.5) is 0 Å². The fourth-order valence-corrected chi connectivity index (χ4v) is 7.50. The van der Waals surface area contributed by atoms with Gasteiger partial charge in [0, 0.05) is 0 Å². The Bertz CT molecular complexity index is 552. The van der Waals surface area contributed by atoms with E-state index in [4.69, 9.17) is 0 Å². The first kappa shape index (κ1) is 25.0. The third kappa shape index (κ3) is 2.28. The summed E-state index contributed by atoms with van der Waals surface area (Å²) in [5, 5.41) is 0. The van der Waals surface area contributed by atoms with E-state index in [1.54, 1.807) is 0 Å². The minimum atomic E-state index is 0.131. The van der Waals surface area contributed by atoms with Crippen molar-refractivity contribution < 1.29 is 0 Å². The minimum Gasteiger partial charge on any atom is -0.0596 e. The van der Waals surface area contributed by atoms with E-state index in [-0.39, 0.29) is 48.7 Å². The normalized spacial score (nSPS) is 28.7. The van der Waals surface area contributed by atoms with Crippen LogP contribution >= 0.6 is 0 Å². The molecule has 0 nitrogen and oxygen atoms in total. The van der Waals surface area contributed by atoms with Gasteiger partial charge in [0.05, 0.1) is 0 Å². The molecule has 162 valence electrons. The van der Waals surface area contributed by atoms with Gasteiger partial charge in [-0.15, -0.1) is 0 Å². The van der Waals surface area contributed by atoms with Crippen molar-refractivity contribution >= 4 is 0 Å². The highest BCUT2D eigenvalue weighted by Crippen LogP contribution is 2.83. The van der Waals surface area contributed by atoms with Gasteiger partial charge in [-0.2, -0.15) is 0 Å². The summed E-state index contributed by atoms with van der Waals surface area (Å²) in [5.74, 6) is 0. The van der Waals surface area contributed by atoms with Crippen LogP contribution in [0.15, 0.2) is 0 Å². The van der Waals surface area contributed by atoms with Gasteiger partial charge in [0.1, 0.15) is 0 Å². The van der Waals surface area contributed by atoms with Crippen LogP contribution in [0, 0.1) is 48.7 Å². The van der Waals surface area contributed by atoms with Crippen molar-refractivity contribution in [2.24, 2.45) is 48.7 Å². The van der Waals surface area contributed by atoms with Gasteiger partial charge in [-0.1, -0.05) is 125 Å². The van der Waals surface area contributed by atoms with Crippen LogP contribution in [-0.4, -0.2) is 0 Å². The molecule has 0 heterocycles. The Kier molecular flexibility index (Phi) is 5.17. The fourth-order valence-electron chi connectivity index (χ4n) is 7.50. The highest BCUT2D eigenvalue weighted by molar-refractivity contribution is 5.25. The third-order valence-electron chi connectivity index (χ3n) is 13.4. The van der Waals surface area contributed by atoms with Crippen LogP contribution in [-0.2, 0) is 0 Å². The molecule has 0 heteroatoms. The van der Waals surface area contributed by atoms with Crippen molar-refractivity contribution in [3.05, 3.63) is 0 Å². The van der Waals surface area contributed by atoms with Crippen molar-refractivity contribution in [3.63, 3.8) is 0 Å². The van der Waals surface area contributed by atoms with Crippen LogP contribution in [0.3, 0.4) is 0 Å². The molecule has 0 aromatic rings. The Hall–Kier alpha value is 0. The van der Waals surface area contributed by atoms with Gasteiger partial charge < -0.3 is 0 Å². The molecule has 0 amide bonds. The quantitative estimate of drug-likeness (QED) is 0.449. The summed E-state index contributed by atoms with van der Waals surface area (Å²) in [6.07, 6.45) is 0. The van der Waals surface area contributed by atoms with Crippen molar-refractivity contribution in [2.75, 3.05) is 0 Å². The summed E-state index contributed by atoms with van der Waals surface area (Å²) >= 11 is 0. The maximum absolute atomic E-state index is 2.64. The number of hydrogen-bond donors (Lipinski definition) is 0. The lowest BCUT2D eigenvalue weighted by Crippen LogP contribution is -2.76. The van der Waals surface area contributed by atoms with Gasteiger partial charge in [0.2, 0.25) is 0 Å². The Morgan fingerprint density at radius 3 is 0.815 bits per heavy atom. The molecule has 1 aliphatic carbocycles. The first-order chi connectivity index (χ1) is 11.2. The van der Waals surface area contributed by atoms with Crippen LogP contribution in [0.1, 0.15) is 125 Å². The zero-order valence-corrected chi connectivity index (χ0v) is 22.5. The van der Waals surface area contributed by atoms with E-state index >= 15 is 0 Å². The van der Waals surface area contributed by atoms with Crippen LogP contribution in [0.5, 0.6) is 0 Å². The van der Waals surface area contributed by atoms with E-state index < -0.39 is 0 Å². The largest absolute Gasteiger partial charge is 0.0596 e. The van der Waals surface area contributed by atoms with E-state index in [1.807, 2.05) is 0 Å². The zero-order chi connectivity index (χ0) is 22.5. The molecule has 0 saturated heterocycles. The van der Waals surface area contributed by atoms with Crippen LogP contribution in [0.25, 0.3) is 0 Å². The van der Waals surface area contributed by atoms with E-state index in [0.717, 1.165) is 0 Å². The lowest BCUT2D eigenvalue weighted by molar-refractivity contribution is -0.340. The maximum atomic E-state index is 2.64. The van der Waals surface area contributed by atoms with Gasteiger partial charge in [0.15, 0.2) is 0 Å². The first-order valence-corrected chi connectivity index (χ1v) is 11.2. The number of hydrogen-bond acceptors (Lipinski definition) is 0. The van der Waals surface area contributed by atoms with Crippen molar-refractivity contribution in [3.8, 4) is 0 Å². The minimum absolute atomic E-state index is 0.131. The predicted molar refractivity (Wildman–Crippen MR) is 124 cm³/mol. The second kappa shape index (κ2) is 5.57. The lowest BCUT2D eigenvalue weighted by Gasteiger charge is -2.82. The smallest absolute Gasteiger partial charge is 0.0156 e. The molecule has 27 heavy (non-hydrogen) atoms. The second-order valence-corrected chi connectivity index (χ2v) is 14.8. The summed E-state index contributed by atoms with van der Waals surface area (Å²) in [4.78, 5) is 0. The summed E-state index contributed by atoms with van der Waals surface area (Å²) in [5.41, 5.74) is 1.60. The van der Waals surface area contributed by atoms with E-state index in [1.165, 1.54) is 0 Å². The Labute approximate surface area is 173 Å². The molecule has 1 aliphatic rings. The Morgan fingerprint density at radius 2 is 0.593 bits per heavy atom. The molecule has 1 fully saturated rings. The molecule has 0 aromatic heterocycles. The Morgan fingerprint density at radius 1 is 0.370 bits per heavy atom. The molecule has 1 saturated carbocycles. The summed E-state index contributed by atoms with van der Waals surface area (Å²) in [6.45, 7) is 45.7. The van der Waals surface area contributed by atoms with Gasteiger partial charge in [-0.05, 0) is 48.7 Å². The molecule has 0 N–H and O–H groups in total. The molecule has 0 atom stereocenters. The van der Waals surface area contributed by atoms with Gasteiger partial charge in [-0.25, -0.2) is 0 Å². The summed E-state index contributed by atoms with van der Waals surface area (Å²) in [7, 11) is 0. The summed E-state index contributed by atoms with van der Waals surface area (Å²) in [6, 6.07) is 0. The van der Waals surface area contributed by atoms with Crippen molar-refractivity contribution in [2.45, 2.75) is 125 Å². The Balaban J connectivity index is 4.10. The summed E-state index contributed by atoms with van der Waals surface area (Å²) < 4.78 is 0. The van der Waals surface area contributed by atoms with E-state index in [0.29, 0.717) is 0 Å². The molecule has 0 aliphatic heterocycles. The maximum Gasteiger partial charge on any atom is -0.0156 e. The number of rotatable bonds is 2. The average molecular weight is 379 g/mol. The molecule has 0 spiro atoms. The molecule has 0 bridgehead atoms. The molecular weight excluding hydrogens is 324 g/mol. The fraction of sp³-hybridized carbons (Fsp3) is 1.00. The predicted octanol–water partition coefficient (Wildman–Crippen LogP) is 9.24. The molecule has 0 aromatic carbocycles. The van der Waals surface area contributed by atoms with Gasteiger partial charge >= 0.3 is 0 Å². The van der Waals surface area contributed by atoms with Crippen molar-refractivity contribution in [1.82, 2.24) is 0 Å². The molecule has 0 unspecified atom stereocenters. The highest BCUT2D eigenvalue weighted by Gasteiger charge is 2.77. The van der Waals surface area contributed by atoms with Crippen LogP contribution < -0.4 is 0 Å². The second-order valence-electron chi connectivity index (χ2n) is 14.8. The van der Waals surface area contributed by atoms with Gasteiger partial charge in [-0.3, -0.25) is 0 Å². The first-order valence-electron chi connectivity index (χ1n) is 11.2. The molecule has 1 rings (SSSR count). The standard InChI is InChI=1S/C27H54/c1-19(2,3)20(4,5)24(12,13)27(18)25(14,15)22(8,9)21(6,7)23(10,11)26(27,16)17/h1-18H3. The molecule has 0 radical (unpaired) electrons. The van der Waals surface area contributed by atoms with Crippen LogP contribution in [0.2, 0.25) is 0 Å². The lowest BCUT2D eigenvalue weighted by atomic mass is 9.22. The van der Waals surface area contributed by atoms with E-state index in [2.05, 4.69) is 125 Å². The SMILES string of the molecule is CC(C)(C)C(C)(C)C(C)(C)C1(C)C(C)(C)C(C)(C)C(C)(C)C(C)(C)C1(C)C. The monoisotopic (exact) mass is 378 g/mol. The molecular formula is C27H54. The third-order valence-corrected chi connectivity index (χ3v) is 13.4. The highest BCUT2D eigenvalue weighted by atomic mass is 14.8. The van der Waals surface area contributed by atoms with E-state index in [9.17, 15) is 0 Å². The average Bonchev–Trinajstić information content (AvgIpc) is 2.42. The zero-order valence-electron chi connectivity index (χ0n) is 22.5. The van der Waals surface area contributed by atoms with Gasteiger partial charge in [0.25, 0.3) is 0 Å². The van der Waals surface area contributed by atoms with Crippen molar-refractivity contribution in [1.29, 1.82) is 0 Å².